The van der Waals surface area contributed by atoms with Gasteiger partial charge in [-0.05, 0) is 52.0 Å². The summed E-state index contributed by atoms with van der Waals surface area (Å²) in [5, 5.41) is 6.18. The molecule has 0 spiro atoms. The second-order valence-electron chi connectivity index (χ2n) is 8.59. The van der Waals surface area contributed by atoms with Gasteiger partial charge < -0.3 is 25.2 Å². The molecule has 2 aromatic heterocycles. The lowest BCUT2D eigenvalue weighted by molar-refractivity contribution is -0.111. The standard InChI is InChI=1S/C27H34N8O2/c1-8-27(36)32-21-14-22(25(37-7)15-23(21)34(6)13-12-33(4)5)31-26(28-3)18-35-19(2)30-17-24(35)20-10-9-11-29-16-20/h8-11,14-18,31H,1,3,12-13H2,2,4-7H3,(H,32,36)/b26-18+. The molecule has 0 unspecified atom stereocenters. The Morgan fingerprint density at radius 2 is 1.97 bits per heavy atom. The first kappa shape index (κ1) is 27.2. The predicted octanol–water partition coefficient (Wildman–Crippen LogP) is 3.95. The highest BCUT2D eigenvalue weighted by molar-refractivity contribution is 6.02. The van der Waals surface area contributed by atoms with E-state index in [1.165, 1.54) is 6.08 Å². The highest BCUT2D eigenvalue weighted by atomic mass is 16.5. The van der Waals surface area contributed by atoms with Crippen LogP contribution in [0, 0.1) is 6.92 Å². The Balaban J connectivity index is 2.03. The summed E-state index contributed by atoms with van der Waals surface area (Å²) in [7, 11) is 7.59. The largest absolute Gasteiger partial charge is 0.494 e. The first-order chi connectivity index (χ1) is 17.8. The third kappa shape index (κ3) is 6.83. The molecule has 0 aliphatic rings. The molecule has 10 heteroatoms. The van der Waals surface area contributed by atoms with Gasteiger partial charge in [-0.25, -0.2) is 9.98 Å². The lowest BCUT2D eigenvalue weighted by Crippen LogP contribution is -2.29. The van der Waals surface area contributed by atoms with Crippen LogP contribution in [0.15, 0.2) is 66.3 Å². The van der Waals surface area contributed by atoms with E-state index in [-0.39, 0.29) is 5.91 Å². The van der Waals surface area contributed by atoms with E-state index in [0.717, 1.165) is 35.9 Å². The number of methoxy groups -OCH3 is 1. The third-order valence-corrected chi connectivity index (χ3v) is 5.68. The van der Waals surface area contributed by atoms with Crippen molar-refractivity contribution in [2.75, 3.05) is 56.9 Å². The van der Waals surface area contributed by atoms with Crippen LogP contribution in [0.3, 0.4) is 0 Å². The minimum absolute atomic E-state index is 0.314. The van der Waals surface area contributed by atoms with Crippen molar-refractivity contribution in [1.82, 2.24) is 19.4 Å². The number of nitrogens with zero attached hydrogens (tertiary/aromatic N) is 6. The zero-order valence-corrected chi connectivity index (χ0v) is 22.0. The number of amides is 1. The highest BCUT2D eigenvalue weighted by Crippen LogP contribution is 2.37. The fourth-order valence-corrected chi connectivity index (χ4v) is 3.62. The van der Waals surface area contributed by atoms with Gasteiger partial charge in [0, 0.05) is 44.2 Å². The summed E-state index contributed by atoms with van der Waals surface area (Å²) in [6.45, 7) is 10.8. The highest BCUT2D eigenvalue weighted by Gasteiger charge is 2.17. The number of aryl methyl sites for hydroxylation is 1. The van der Waals surface area contributed by atoms with E-state index in [0.29, 0.717) is 22.9 Å². The molecule has 0 saturated carbocycles. The van der Waals surface area contributed by atoms with Gasteiger partial charge in [-0.3, -0.25) is 14.3 Å². The second kappa shape index (κ2) is 12.5. The van der Waals surface area contributed by atoms with Gasteiger partial charge in [-0.15, -0.1) is 0 Å². The Morgan fingerprint density at radius 3 is 2.59 bits per heavy atom. The summed E-state index contributed by atoms with van der Waals surface area (Å²) in [5.74, 6) is 1.49. The summed E-state index contributed by atoms with van der Waals surface area (Å²) >= 11 is 0. The van der Waals surface area contributed by atoms with Crippen LogP contribution in [0.2, 0.25) is 0 Å². The Kier molecular flexibility index (Phi) is 9.17. The predicted molar refractivity (Wildman–Crippen MR) is 151 cm³/mol. The molecular weight excluding hydrogens is 468 g/mol. The van der Waals surface area contributed by atoms with Crippen molar-refractivity contribution in [3.63, 3.8) is 0 Å². The number of aliphatic imine (C=N–C) groups is 1. The van der Waals surface area contributed by atoms with Crippen LogP contribution in [0.5, 0.6) is 5.75 Å². The van der Waals surface area contributed by atoms with Gasteiger partial charge >= 0.3 is 0 Å². The molecular formula is C27H34N8O2. The van der Waals surface area contributed by atoms with Crippen molar-refractivity contribution in [1.29, 1.82) is 0 Å². The van der Waals surface area contributed by atoms with Gasteiger partial charge in [0.05, 0.1) is 42.3 Å². The Bertz CT molecular complexity index is 1280. The number of anilines is 3. The minimum Gasteiger partial charge on any atom is -0.494 e. The Labute approximate surface area is 218 Å². The third-order valence-electron chi connectivity index (χ3n) is 5.68. The van der Waals surface area contributed by atoms with Crippen LogP contribution in [0.25, 0.3) is 17.5 Å². The first-order valence-corrected chi connectivity index (χ1v) is 11.7. The molecule has 0 bridgehead atoms. The molecule has 10 nitrogen and oxygen atoms in total. The fourth-order valence-electron chi connectivity index (χ4n) is 3.62. The number of likely N-dealkylation sites (N-methyl/N-ethyl adjacent to an activating group) is 2. The molecule has 3 rings (SSSR count). The zero-order valence-electron chi connectivity index (χ0n) is 22.0. The number of carbonyl (C=O) groups is 1. The lowest BCUT2D eigenvalue weighted by atomic mass is 10.2. The topological polar surface area (TPSA) is 99.9 Å². The lowest BCUT2D eigenvalue weighted by Gasteiger charge is -2.26. The Morgan fingerprint density at radius 1 is 1.19 bits per heavy atom. The van der Waals surface area contributed by atoms with E-state index >= 15 is 0 Å². The molecule has 1 aromatic carbocycles. The van der Waals surface area contributed by atoms with E-state index in [1.54, 1.807) is 31.9 Å². The number of pyridine rings is 1. The number of benzene rings is 1. The molecule has 0 radical (unpaired) electrons. The molecule has 1 amide bonds. The maximum Gasteiger partial charge on any atom is 0.247 e. The maximum absolute atomic E-state index is 12.2. The molecule has 3 aromatic rings. The number of hydrogen-bond acceptors (Lipinski definition) is 8. The average molecular weight is 503 g/mol. The van der Waals surface area contributed by atoms with Crippen molar-refractivity contribution in [2.24, 2.45) is 4.99 Å². The van der Waals surface area contributed by atoms with Gasteiger partial charge in [-0.2, -0.15) is 0 Å². The van der Waals surface area contributed by atoms with Crippen LogP contribution in [0.4, 0.5) is 17.1 Å². The van der Waals surface area contributed by atoms with E-state index in [9.17, 15) is 4.79 Å². The number of ether oxygens (including phenoxy) is 1. The monoisotopic (exact) mass is 502 g/mol. The fraction of sp³-hybridized carbons (Fsp3) is 0.259. The summed E-state index contributed by atoms with van der Waals surface area (Å²) in [4.78, 5) is 29.2. The molecule has 0 aliphatic heterocycles. The van der Waals surface area contributed by atoms with Gasteiger partial charge in [-0.1, -0.05) is 6.58 Å². The average Bonchev–Trinajstić information content (AvgIpc) is 3.26. The molecule has 2 heterocycles. The number of carbonyl (C=O) groups excluding carboxylic acids is 1. The molecule has 0 aliphatic carbocycles. The van der Waals surface area contributed by atoms with Gasteiger partial charge in [0.2, 0.25) is 5.91 Å². The van der Waals surface area contributed by atoms with Gasteiger partial charge in [0.1, 0.15) is 17.4 Å². The number of imidazole rings is 1. The summed E-state index contributed by atoms with van der Waals surface area (Å²) < 4.78 is 7.60. The summed E-state index contributed by atoms with van der Waals surface area (Å²) in [6, 6.07) is 7.52. The number of hydrogen-bond donors (Lipinski definition) is 2. The quantitative estimate of drug-likeness (QED) is 0.286. The summed E-state index contributed by atoms with van der Waals surface area (Å²) in [5.41, 5.74) is 3.79. The van der Waals surface area contributed by atoms with E-state index in [2.05, 4.69) is 48.7 Å². The van der Waals surface area contributed by atoms with Gasteiger partial charge in [0.15, 0.2) is 0 Å². The normalized spacial score (nSPS) is 11.2. The second-order valence-corrected chi connectivity index (χ2v) is 8.59. The molecule has 37 heavy (non-hydrogen) atoms. The van der Waals surface area contributed by atoms with Crippen LogP contribution < -0.4 is 20.3 Å². The molecule has 0 atom stereocenters. The number of nitrogens with one attached hydrogen (secondary N) is 2. The van der Waals surface area contributed by atoms with Crippen LogP contribution >= 0.6 is 0 Å². The maximum atomic E-state index is 12.2. The first-order valence-electron chi connectivity index (χ1n) is 11.7. The number of rotatable bonds is 12. The van der Waals surface area contributed by atoms with Crippen LogP contribution in [0.1, 0.15) is 5.82 Å². The van der Waals surface area contributed by atoms with Crippen molar-refractivity contribution < 1.29 is 9.53 Å². The van der Waals surface area contributed by atoms with Crippen molar-refractivity contribution >= 4 is 35.9 Å². The van der Waals surface area contributed by atoms with E-state index in [1.807, 2.05) is 56.9 Å². The van der Waals surface area contributed by atoms with Crippen LogP contribution in [-0.4, -0.2) is 73.4 Å². The zero-order chi connectivity index (χ0) is 26.9. The van der Waals surface area contributed by atoms with Crippen molar-refractivity contribution in [3.8, 4) is 17.0 Å². The molecule has 0 saturated heterocycles. The Hall–Kier alpha value is -4.44. The minimum atomic E-state index is -0.314. The molecule has 194 valence electrons. The molecule has 2 N–H and O–H groups in total. The van der Waals surface area contributed by atoms with Crippen molar-refractivity contribution in [3.05, 3.63) is 67.2 Å². The number of aromatic nitrogens is 3. The van der Waals surface area contributed by atoms with E-state index in [4.69, 9.17) is 4.74 Å². The van der Waals surface area contributed by atoms with Crippen molar-refractivity contribution in [2.45, 2.75) is 6.92 Å². The molecule has 0 fully saturated rings. The van der Waals surface area contributed by atoms with Gasteiger partial charge in [0.25, 0.3) is 0 Å². The van der Waals surface area contributed by atoms with Crippen LogP contribution in [-0.2, 0) is 4.79 Å². The SMILES string of the molecule is C=CC(=O)Nc1cc(N/C(=C/n2c(-c3cccnc3)cnc2C)N=C)c(OC)cc1N(C)CCN(C)C. The van der Waals surface area contributed by atoms with E-state index < -0.39 is 0 Å². The smallest absolute Gasteiger partial charge is 0.247 e. The summed E-state index contributed by atoms with van der Waals surface area (Å²) in [6.07, 6.45) is 8.32.